The quantitative estimate of drug-likeness (QED) is 0.908. The highest BCUT2D eigenvalue weighted by atomic mass is 35.5. The van der Waals surface area contributed by atoms with E-state index >= 15 is 0 Å². The smallest absolute Gasteiger partial charge is 0.253 e. The number of halogens is 2. The van der Waals surface area contributed by atoms with E-state index in [2.05, 4.69) is 5.32 Å². The SMILES string of the molecule is O=C(NCc1cccc(O)c1)c1ccc(Cl)cc1Cl. The number of hydrogen-bond donors (Lipinski definition) is 2. The molecule has 0 aliphatic rings. The molecule has 5 heteroatoms. The molecule has 0 saturated carbocycles. The Morgan fingerprint density at radius 3 is 2.63 bits per heavy atom. The predicted octanol–water partition coefficient (Wildman–Crippen LogP) is 3.63. The first-order valence-electron chi connectivity index (χ1n) is 5.57. The second-order valence-corrected chi connectivity index (χ2v) is 4.82. The summed E-state index contributed by atoms with van der Waals surface area (Å²) in [5, 5.41) is 12.8. The Balaban J connectivity index is 2.05. The van der Waals surface area contributed by atoms with Crippen molar-refractivity contribution in [2.24, 2.45) is 0 Å². The molecule has 2 aromatic carbocycles. The standard InChI is InChI=1S/C14H11Cl2NO2/c15-10-4-5-12(13(16)7-10)14(19)17-8-9-2-1-3-11(18)6-9/h1-7,18H,8H2,(H,17,19). The van der Waals surface area contributed by atoms with Crippen LogP contribution in [0.15, 0.2) is 42.5 Å². The Morgan fingerprint density at radius 2 is 1.95 bits per heavy atom. The second kappa shape index (κ2) is 5.95. The van der Waals surface area contributed by atoms with Crippen LogP contribution >= 0.6 is 23.2 Å². The van der Waals surface area contributed by atoms with Gasteiger partial charge < -0.3 is 10.4 Å². The highest BCUT2D eigenvalue weighted by molar-refractivity contribution is 6.36. The Hall–Kier alpha value is -1.71. The van der Waals surface area contributed by atoms with Gasteiger partial charge in [0.15, 0.2) is 0 Å². The molecule has 0 atom stereocenters. The summed E-state index contributed by atoms with van der Waals surface area (Å²) in [6.45, 7) is 0.312. The summed E-state index contributed by atoms with van der Waals surface area (Å²) in [7, 11) is 0. The van der Waals surface area contributed by atoms with Crippen molar-refractivity contribution in [2.45, 2.75) is 6.54 Å². The van der Waals surface area contributed by atoms with Crippen LogP contribution in [-0.4, -0.2) is 11.0 Å². The summed E-state index contributed by atoms with van der Waals surface area (Å²) in [5.41, 5.74) is 1.17. The lowest BCUT2D eigenvalue weighted by molar-refractivity contribution is 0.0951. The van der Waals surface area contributed by atoms with Crippen molar-refractivity contribution in [2.75, 3.05) is 0 Å². The Kier molecular flexibility index (Phi) is 4.30. The minimum absolute atomic E-state index is 0.163. The van der Waals surface area contributed by atoms with Gasteiger partial charge in [0.1, 0.15) is 5.75 Å². The molecule has 0 aliphatic heterocycles. The van der Waals surface area contributed by atoms with Crippen LogP contribution in [-0.2, 0) is 6.54 Å². The lowest BCUT2D eigenvalue weighted by Crippen LogP contribution is -2.23. The fourth-order valence-electron chi connectivity index (χ4n) is 1.62. The maximum atomic E-state index is 11.9. The predicted molar refractivity (Wildman–Crippen MR) is 75.7 cm³/mol. The van der Waals surface area contributed by atoms with Crippen LogP contribution in [0.3, 0.4) is 0 Å². The number of amides is 1. The fraction of sp³-hybridized carbons (Fsp3) is 0.0714. The molecule has 0 aliphatic carbocycles. The third-order valence-corrected chi connectivity index (χ3v) is 3.09. The van der Waals surface area contributed by atoms with Gasteiger partial charge in [0, 0.05) is 11.6 Å². The summed E-state index contributed by atoms with van der Waals surface area (Å²) in [6.07, 6.45) is 0. The molecule has 2 rings (SSSR count). The molecule has 0 unspecified atom stereocenters. The highest BCUT2D eigenvalue weighted by Crippen LogP contribution is 2.21. The summed E-state index contributed by atoms with van der Waals surface area (Å²) in [4.78, 5) is 11.9. The van der Waals surface area contributed by atoms with Crippen LogP contribution < -0.4 is 5.32 Å². The third kappa shape index (κ3) is 3.63. The van der Waals surface area contributed by atoms with Crippen LogP contribution in [0, 0.1) is 0 Å². The van der Waals surface area contributed by atoms with E-state index in [-0.39, 0.29) is 11.7 Å². The van der Waals surface area contributed by atoms with Crippen molar-refractivity contribution in [3.05, 3.63) is 63.6 Å². The summed E-state index contributed by atoms with van der Waals surface area (Å²) in [5.74, 6) is -0.124. The molecular weight excluding hydrogens is 285 g/mol. The number of aromatic hydroxyl groups is 1. The number of benzene rings is 2. The van der Waals surface area contributed by atoms with E-state index in [9.17, 15) is 9.90 Å². The normalized spacial score (nSPS) is 10.2. The molecule has 19 heavy (non-hydrogen) atoms. The molecule has 98 valence electrons. The zero-order chi connectivity index (χ0) is 13.8. The number of hydrogen-bond acceptors (Lipinski definition) is 2. The van der Waals surface area contributed by atoms with Gasteiger partial charge in [0.25, 0.3) is 5.91 Å². The molecule has 0 spiro atoms. The molecule has 0 saturated heterocycles. The number of carbonyl (C=O) groups excluding carboxylic acids is 1. The average molecular weight is 296 g/mol. The molecule has 3 nitrogen and oxygen atoms in total. The first kappa shape index (κ1) is 13.7. The van der Waals surface area contributed by atoms with Gasteiger partial charge in [-0.1, -0.05) is 35.3 Å². The van der Waals surface area contributed by atoms with Crippen molar-refractivity contribution in [1.82, 2.24) is 5.32 Å². The summed E-state index contributed by atoms with van der Waals surface area (Å²) < 4.78 is 0. The summed E-state index contributed by atoms with van der Waals surface area (Å²) in [6, 6.07) is 11.4. The zero-order valence-electron chi connectivity index (χ0n) is 9.86. The molecule has 0 heterocycles. The van der Waals surface area contributed by atoms with Gasteiger partial charge in [-0.3, -0.25) is 4.79 Å². The highest BCUT2D eigenvalue weighted by Gasteiger charge is 2.10. The average Bonchev–Trinajstić information content (AvgIpc) is 2.36. The number of nitrogens with one attached hydrogen (secondary N) is 1. The molecule has 1 amide bonds. The zero-order valence-corrected chi connectivity index (χ0v) is 11.4. The molecule has 0 fully saturated rings. The largest absolute Gasteiger partial charge is 0.508 e. The van der Waals surface area contributed by atoms with Crippen molar-refractivity contribution >= 4 is 29.1 Å². The first-order valence-corrected chi connectivity index (χ1v) is 6.33. The molecule has 0 bridgehead atoms. The van der Waals surface area contributed by atoms with E-state index in [1.165, 1.54) is 6.07 Å². The van der Waals surface area contributed by atoms with Crippen molar-refractivity contribution in [3.63, 3.8) is 0 Å². The van der Waals surface area contributed by atoms with Crippen LogP contribution in [0.25, 0.3) is 0 Å². The van der Waals surface area contributed by atoms with Crippen molar-refractivity contribution < 1.29 is 9.90 Å². The molecular formula is C14H11Cl2NO2. The van der Waals surface area contributed by atoms with E-state index in [4.69, 9.17) is 23.2 Å². The maximum Gasteiger partial charge on any atom is 0.253 e. The summed E-state index contributed by atoms with van der Waals surface area (Å²) >= 11 is 11.7. The van der Waals surface area contributed by atoms with E-state index in [1.54, 1.807) is 30.3 Å². The fourth-order valence-corrected chi connectivity index (χ4v) is 2.11. The Bertz CT molecular complexity index is 614. The molecule has 0 radical (unpaired) electrons. The maximum absolute atomic E-state index is 11.9. The topological polar surface area (TPSA) is 49.3 Å². The van der Waals surface area contributed by atoms with E-state index in [0.29, 0.717) is 22.2 Å². The lowest BCUT2D eigenvalue weighted by atomic mass is 10.2. The Labute approximate surface area is 120 Å². The van der Waals surface area contributed by atoms with Gasteiger partial charge in [0.2, 0.25) is 0 Å². The number of phenolic OH excluding ortho intramolecular Hbond substituents is 1. The minimum atomic E-state index is -0.287. The van der Waals surface area contributed by atoms with Gasteiger partial charge in [-0.05, 0) is 35.9 Å². The molecule has 0 aromatic heterocycles. The van der Waals surface area contributed by atoms with Gasteiger partial charge in [-0.25, -0.2) is 0 Å². The molecule has 2 aromatic rings. The van der Waals surface area contributed by atoms with E-state index in [1.807, 2.05) is 6.07 Å². The number of carbonyl (C=O) groups is 1. The van der Waals surface area contributed by atoms with Crippen LogP contribution in [0.1, 0.15) is 15.9 Å². The Morgan fingerprint density at radius 1 is 1.16 bits per heavy atom. The van der Waals surface area contributed by atoms with E-state index < -0.39 is 0 Å². The molecule has 2 N–H and O–H groups in total. The van der Waals surface area contributed by atoms with Gasteiger partial charge in [0.05, 0.1) is 10.6 Å². The van der Waals surface area contributed by atoms with Crippen molar-refractivity contribution in [3.8, 4) is 5.75 Å². The lowest BCUT2D eigenvalue weighted by Gasteiger charge is -2.07. The van der Waals surface area contributed by atoms with Gasteiger partial charge >= 0.3 is 0 Å². The van der Waals surface area contributed by atoms with Gasteiger partial charge in [-0.2, -0.15) is 0 Å². The van der Waals surface area contributed by atoms with Gasteiger partial charge in [-0.15, -0.1) is 0 Å². The third-order valence-electron chi connectivity index (χ3n) is 2.54. The van der Waals surface area contributed by atoms with Crippen LogP contribution in [0.5, 0.6) is 5.75 Å². The van der Waals surface area contributed by atoms with Crippen LogP contribution in [0.4, 0.5) is 0 Å². The van der Waals surface area contributed by atoms with Crippen LogP contribution in [0.2, 0.25) is 10.0 Å². The number of phenols is 1. The minimum Gasteiger partial charge on any atom is -0.508 e. The first-order chi connectivity index (χ1) is 9.06. The number of rotatable bonds is 3. The second-order valence-electron chi connectivity index (χ2n) is 3.98. The monoisotopic (exact) mass is 295 g/mol. The van der Waals surface area contributed by atoms with Crippen molar-refractivity contribution in [1.29, 1.82) is 0 Å². The van der Waals surface area contributed by atoms with E-state index in [0.717, 1.165) is 5.56 Å².